The van der Waals surface area contributed by atoms with Crippen molar-refractivity contribution in [3.8, 4) is 6.07 Å². The van der Waals surface area contributed by atoms with Gasteiger partial charge in [0, 0.05) is 23.4 Å². The molecule has 138 valence electrons. The van der Waals surface area contributed by atoms with Gasteiger partial charge >= 0.3 is 0 Å². The molecule has 0 aliphatic rings. The summed E-state index contributed by atoms with van der Waals surface area (Å²) >= 11 is 1.59. The van der Waals surface area contributed by atoms with Crippen LogP contribution in [0.1, 0.15) is 41.5 Å². The van der Waals surface area contributed by atoms with Gasteiger partial charge < -0.3 is 5.32 Å². The summed E-state index contributed by atoms with van der Waals surface area (Å²) in [5.74, 6) is -0.0277. The van der Waals surface area contributed by atoms with Crippen LogP contribution in [-0.2, 0) is 10.0 Å². The Kier molecular flexibility index (Phi) is 6.91. The van der Waals surface area contributed by atoms with Gasteiger partial charge in [0.05, 0.1) is 17.0 Å². The monoisotopic (exact) mass is 391 g/mol. The third-order valence-electron chi connectivity index (χ3n) is 3.76. The van der Waals surface area contributed by atoms with Crippen LogP contribution in [0.25, 0.3) is 0 Å². The molecule has 0 radical (unpaired) electrons. The zero-order valence-electron chi connectivity index (χ0n) is 14.6. The van der Waals surface area contributed by atoms with Gasteiger partial charge in [-0.05, 0) is 41.6 Å². The summed E-state index contributed by atoms with van der Waals surface area (Å²) in [6, 6.07) is 11.5. The van der Waals surface area contributed by atoms with Crippen molar-refractivity contribution in [2.45, 2.75) is 31.2 Å². The lowest BCUT2D eigenvalue weighted by Crippen LogP contribution is -2.31. The Bertz CT molecular complexity index is 867. The minimum absolute atomic E-state index is 0.0535. The van der Waals surface area contributed by atoms with Crippen molar-refractivity contribution in [2.75, 3.05) is 6.54 Å². The molecule has 2 rings (SSSR count). The quantitative estimate of drug-likeness (QED) is 0.676. The molecule has 0 saturated carbocycles. The van der Waals surface area contributed by atoms with Gasteiger partial charge in [0.1, 0.15) is 0 Å². The molecule has 1 atom stereocenters. The lowest BCUT2D eigenvalue weighted by atomic mass is 10.0. The molecule has 0 saturated heterocycles. The normalized spacial score (nSPS) is 12.5. The van der Waals surface area contributed by atoms with E-state index in [2.05, 4.69) is 10.0 Å². The molecule has 0 bridgehead atoms. The second kappa shape index (κ2) is 8.94. The van der Waals surface area contributed by atoms with E-state index in [4.69, 9.17) is 5.26 Å². The van der Waals surface area contributed by atoms with Crippen molar-refractivity contribution in [3.05, 3.63) is 52.2 Å². The molecule has 26 heavy (non-hydrogen) atoms. The van der Waals surface area contributed by atoms with Gasteiger partial charge in [-0.1, -0.05) is 19.9 Å². The largest absolute Gasteiger partial charge is 0.344 e. The standard InChI is InChI=1S/C18H21N3O3S2/c1-13(2)17(16-5-3-12-25-16)21-18(22)14-6-8-15(9-7-14)26(23,24)20-11-4-10-19/h3,5-9,12-13,17,20H,4,11H2,1-2H3,(H,21,22)/t17-/m1/s1. The van der Waals surface area contributed by atoms with E-state index in [9.17, 15) is 13.2 Å². The summed E-state index contributed by atoms with van der Waals surface area (Å²) in [5.41, 5.74) is 0.392. The molecule has 0 spiro atoms. The summed E-state index contributed by atoms with van der Waals surface area (Å²) in [5, 5.41) is 13.5. The molecular formula is C18H21N3O3S2. The van der Waals surface area contributed by atoms with Crippen molar-refractivity contribution < 1.29 is 13.2 Å². The lowest BCUT2D eigenvalue weighted by molar-refractivity contribution is 0.0926. The minimum Gasteiger partial charge on any atom is -0.344 e. The zero-order chi connectivity index (χ0) is 19.2. The molecule has 1 aromatic heterocycles. The van der Waals surface area contributed by atoms with Crippen LogP contribution in [0.4, 0.5) is 0 Å². The Morgan fingerprint density at radius 1 is 1.23 bits per heavy atom. The third kappa shape index (κ3) is 5.14. The first-order valence-electron chi connectivity index (χ1n) is 8.16. The molecule has 1 amide bonds. The summed E-state index contributed by atoms with van der Waals surface area (Å²) in [6.07, 6.45) is 0.0963. The van der Waals surface area contributed by atoms with Crippen LogP contribution < -0.4 is 10.0 Å². The Labute approximate surface area is 157 Å². The van der Waals surface area contributed by atoms with Gasteiger partial charge in [0.25, 0.3) is 5.91 Å². The van der Waals surface area contributed by atoms with Gasteiger partial charge in [-0.3, -0.25) is 4.79 Å². The Balaban J connectivity index is 2.10. The smallest absolute Gasteiger partial charge is 0.251 e. The maximum Gasteiger partial charge on any atom is 0.251 e. The molecular weight excluding hydrogens is 370 g/mol. The highest BCUT2D eigenvalue weighted by Crippen LogP contribution is 2.26. The van der Waals surface area contributed by atoms with Crippen LogP contribution in [0.15, 0.2) is 46.7 Å². The second-order valence-electron chi connectivity index (χ2n) is 6.04. The number of benzene rings is 1. The van der Waals surface area contributed by atoms with Crippen LogP contribution in [-0.4, -0.2) is 20.9 Å². The fourth-order valence-electron chi connectivity index (χ4n) is 2.37. The summed E-state index contributed by atoms with van der Waals surface area (Å²) < 4.78 is 26.5. The predicted octanol–water partition coefficient (Wildman–Crippen LogP) is 3.07. The highest BCUT2D eigenvalue weighted by Gasteiger charge is 2.20. The lowest BCUT2D eigenvalue weighted by Gasteiger charge is -2.21. The van der Waals surface area contributed by atoms with Crippen molar-refractivity contribution in [1.29, 1.82) is 5.26 Å². The SMILES string of the molecule is CC(C)[C@@H](NC(=O)c1ccc(S(=O)(=O)NCCC#N)cc1)c1cccs1. The maximum absolute atomic E-state index is 12.5. The first-order valence-corrected chi connectivity index (χ1v) is 10.5. The highest BCUT2D eigenvalue weighted by atomic mass is 32.2. The average Bonchev–Trinajstić information content (AvgIpc) is 3.13. The molecule has 1 heterocycles. The summed E-state index contributed by atoms with van der Waals surface area (Å²) in [6.45, 7) is 4.12. The molecule has 2 N–H and O–H groups in total. The second-order valence-corrected chi connectivity index (χ2v) is 8.79. The van der Waals surface area contributed by atoms with E-state index in [1.54, 1.807) is 11.3 Å². The van der Waals surface area contributed by atoms with E-state index in [0.29, 0.717) is 5.56 Å². The molecule has 2 aromatic rings. The number of nitriles is 1. The van der Waals surface area contributed by atoms with Crippen molar-refractivity contribution in [1.82, 2.24) is 10.0 Å². The first-order chi connectivity index (χ1) is 12.3. The Morgan fingerprint density at radius 3 is 2.46 bits per heavy atom. The third-order valence-corrected chi connectivity index (χ3v) is 6.19. The number of thiophene rings is 1. The number of rotatable bonds is 8. The van der Waals surface area contributed by atoms with Crippen LogP contribution >= 0.6 is 11.3 Å². The number of sulfonamides is 1. The van der Waals surface area contributed by atoms with Crippen molar-refractivity contribution in [2.24, 2.45) is 5.92 Å². The van der Waals surface area contributed by atoms with Gasteiger partial charge in [0.15, 0.2) is 0 Å². The van der Waals surface area contributed by atoms with E-state index in [-0.39, 0.29) is 35.7 Å². The molecule has 8 heteroatoms. The van der Waals surface area contributed by atoms with Gasteiger partial charge in [0.2, 0.25) is 10.0 Å². The number of carbonyl (C=O) groups excluding carboxylic acids is 1. The molecule has 0 aliphatic carbocycles. The number of carbonyl (C=O) groups is 1. The van der Waals surface area contributed by atoms with E-state index in [1.807, 2.05) is 37.4 Å². The molecule has 0 unspecified atom stereocenters. The van der Waals surface area contributed by atoms with Crippen LogP contribution in [0, 0.1) is 17.2 Å². The molecule has 1 aromatic carbocycles. The van der Waals surface area contributed by atoms with E-state index in [1.165, 1.54) is 24.3 Å². The topological polar surface area (TPSA) is 99.1 Å². The first kappa shape index (κ1) is 20.1. The van der Waals surface area contributed by atoms with Gasteiger partial charge in [-0.15, -0.1) is 11.3 Å². The number of nitrogens with one attached hydrogen (secondary N) is 2. The number of hydrogen-bond donors (Lipinski definition) is 2. The predicted molar refractivity (Wildman–Crippen MR) is 101 cm³/mol. The Hall–Kier alpha value is -2.21. The number of nitrogens with zero attached hydrogens (tertiary/aromatic N) is 1. The van der Waals surface area contributed by atoms with Crippen LogP contribution in [0.5, 0.6) is 0 Å². The van der Waals surface area contributed by atoms with Crippen molar-refractivity contribution >= 4 is 27.3 Å². The average molecular weight is 392 g/mol. The fraction of sp³-hybridized carbons (Fsp3) is 0.333. The molecule has 0 fully saturated rings. The van der Waals surface area contributed by atoms with E-state index < -0.39 is 10.0 Å². The van der Waals surface area contributed by atoms with Gasteiger partial charge in [-0.25, -0.2) is 13.1 Å². The van der Waals surface area contributed by atoms with E-state index in [0.717, 1.165) is 4.88 Å². The summed E-state index contributed by atoms with van der Waals surface area (Å²) in [4.78, 5) is 13.7. The molecule has 0 aliphatic heterocycles. The fourth-order valence-corrected chi connectivity index (χ4v) is 4.35. The summed E-state index contributed by atoms with van der Waals surface area (Å²) in [7, 11) is -3.68. The number of hydrogen-bond acceptors (Lipinski definition) is 5. The highest BCUT2D eigenvalue weighted by molar-refractivity contribution is 7.89. The van der Waals surface area contributed by atoms with E-state index >= 15 is 0 Å². The zero-order valence-corrected chi connectivity index (χ0v) is 16.2. The van der Waals surface area contributed by atoms with Crippen molar-refractivity contribution in [3.63, 3.8) is 0 Å². The maximum atomic E-state index is 12.5. The minimum atomic E-state index is -3.68. The van der Waals surface area contributed by atoms with Crippen LogP contribution in [0.3, 0.4) is 0 Å². The van der Waals surface area contributed by atoms with Gasteiger partial charge in [-0.2, -0.15) is 5.26 Å². The number of amides is 1. The molecule has 6 nitrogen and oxygen atoms in total. The Morgan fingerprint density at radius 2 is 1.92 bits per heavy atom. The van der Waals surface area contributed by atoms with Crippen LogP contribution in [0.2, 0.25) is 0 Å².